The van der Waals surface area contributed by atoms with Crippen molar-refractivity contribution in [2.45, 2.75) is 33.6 Å². The Bertz CT molecular complexity index is 184. The van der Waals surface area contributed by atoms with Gasteiger partial charge in [-0.05, 0) is 25.2 Å². The van der Waals surface area contributed by atoms with E-state index >= 15 is 0 Å². The molecule has 1 aliphatic rings. The average Bonchev–Trinajstić information content (AvgIpc) is 1.86. The van der Waals surface area contributed by atoms with Gasteiger partial charge < -0.3 is 0 Å². The van der Waals surface area contributed by atoms with Gasteiger partial charge in [0.25, 0.3) is 0 Å². The summed E-state index contributed by atoms with van der Waals surface area (Å²) >= 11 is 0. The summed E-state index contributed by atoms with van der Waals surface area (Å²) in [6, 6.07) is 0. The molecule has 11 heavy (non-hydrogen) atoms. The molecule has 1 atom stereocenters. The van der Waals surface area contributed by atoms with Crippen molar-refractivity contribution in [3.05, 3.63) is 24.3 Å². The lowest BCUT2D eigenvalue weighted by Gasteiger charge is -2.36. The molecule has 0 aromatic carbocycles. The van der Waals surface area contributed by atoms with E-state index in [1.807, 2.05) is 6.08 Å². The molecule has 61 valence electrons. The number of rotatable bonds is 1. The highest BCUT2D eigenvalue weighted by Gasteiger charge is 2.30. The van der Waals surface area contributed by atoms with Gasteiger partial charge in [0.05, 0.1) is 0 Å². The average molecular weight is 149 g/mol. The third-order valence-corrected chi connectivity index (χ3v) is 2.78. The molecular formula is C11H17. The summed E-state index contributed by atoms with van der Waals surface area (Å²) in [6.07, 6.45) is 6.61. The predicted molar refractivity (Wildman–Crippen MR) is 49.1 cm³/mol. The van der Waals surface area contributed by atoms with Gasteiger partial charge in [0.15, 0.2) is 0 Å². The highest BCUT2D eigenvalue weighted by molar-refractivity contribution is 5.16. The fraction of sp³-hybridized carbons (Fsp3) is 0.636. The minimum absolute atomic E-state index is 0.369. The van der Waals surface area contributed by atoms with Crippen molar-refractivity contribution in [2.24, 2.45) is 11.3 Å². The smallest absolute Gasteiger partial charge is 0.00284 e. The van der Waals surface area contributed by atoms with Crippen LogP contribution >= 0.6 is 0 Å². The van der Waals surface area contributed by atoms with Crippen LogP contribution in [0.4, 0.5) is 0 Å². The standard InChI is InChI=1S/C11H17/c1-5-10-9(2)7-6-8-11(10,3)4/h1,5,7,10H,6,8H2,2-4H3. The fourth-order valence-electron chi connectivity index (χ4n) is 1.98. The first-order chi connectivity index (χ1) is 5.08. The van der Waals surface area contributed by atoms with Crippen molar-refractivity contribution in [3.63, 3.8) is 0 Å². The van der Waals surface area contributed by atoms with E-state index in [1.165, 1.54) is 18.4 Å². The lowest BCUT2D eigenvalue weighted by molar-refractivity contribution is 0.255. The zero-order valence-corrected chi connectivity index (χ0v) is 7.72. The maximum Gasteiger partial charge on any atom is 0.00284 e. The summed E-state index contributed by atoms with van der Waals surface area (Å²) in [4.78, 5) is 0. The van der Waals surface area contributed by atoms with Crippen molar-refractivity contribution < 1.29 is 0 Å². The molecule has 0 aliphatic heterocycles. The molecule has 0 saturated carbocycles. The molecule has 0 heterocycles. The predicted octanol–water partition coefficient (Wildman–Crippen LogP) is 3.36. The third kappa shape index (κ3) is 1.55. The van der Waals surface area contributed by atoms with Gasteiger partial charge in [-0.2, -0.15) is 0 Å². The van der Waals surface area contributed by atoms with Crippen LogP contribution in [0.3, 0.4) is 0 Å². The van der Waals surface area contributed by atoms with E-state index in [0.717, 1.165) is 0 Å². The van der Waals surface area contributed by atoms with Gasteiger partial charge in [-0.15, -0.1) is 0 Å². The molecule has 0 saturated heterocycles. The summed E-state index contributed by atoms with van der Waals surface area (Å²) in [7, 11) is 0. The van der Waals surface area contributed by atoms with Crippen LogP contribution < -0.4 is 0 Å². The maximum absolute atomic E-state index is 5.60. The molecule has 1 aliphatic carbocycles. The Morgan fingerprint density at radius 3 is 2.64 bits per heavy atom. The SMILES string of the molecule is [CH]=CC1C(C)=CCCC1(C)C. The number of allylic oxidation sites excluding steroid dienone is 3. The molecule has 0 amide bonds. The maximum atomic E-state index is 5.60. The first-order valence-electron chi connectivity index (χ1n) is 4.29. The van der Waals surface area contributed by atoms with E-state index in [2.05, 4.69) is 26.8 Å². The van der Waals surface area contributed by atoms with Gasteiger partial charge in [0.2, 0.25) is 0 Å². The number of hydrogen-bond acceptors (Lipinski definition) is 0. The van der Waals surface area contributed by atoms with Gasteiger partial charge in [0.1, 0.15) is 0 Å². The summed E-state index contributed by atoms with van der Waals surface area (Å²) in [6.45, 7) is 12.4. The Balaban J connectivity index is 2.89. The Kier molecular flexibility index (Phi) is 2.22. The van der Waals surface area contributed by atoms with Crippen LogP contribution in [0.1, 0.15) is 33.6 Å². The highest BCUT2D eigenvalue weighted by atomic mass is 14.3. The van der Waals surface area contributed by atoms with Crippen LogP contribution in [0.15, 0.2) is 17.7 Å². The first-order valence-corrected chi connectivity index (χ1v) is 4.29. The molecule has 0 nitrogen and oxygen atoms in total. The lowest BCUT2D eigenvalue weighted by atomic mass is 9.69. The molecule has 1 radical (unpaired) electrons. The van der Waals surface area contributed by atoms with Crippen molar-refractivity contribution in [2.75, 3.05) is 0 Å². The molecule has 0 fully saturated rings. The monoisotopic (exact) mass is 149 g/mol. The topological polar surface area (TPSA) is 0 Å². The van der Waals surface area contributed by atoms with E-state index < -0.39 is 0 Å². The zero-order chi connectivity index (χ0) is 8.48. The molecule has 1 rings (SSSR count). The molecule has 0 bridgehead atoms. The Morgan fingerprint density at radius 1 is 1.64 bits per heavy atom. The zero-order valence-electron chi connectivity index (χ0n) is 7.72. The van der Waals surface area contributed by atoms with Crippen molar-refractivity contribution in [3.8, 4) is 0 Å². The largest absolute Gasteiger partial charge is 0.0850 e. The number of hydrogen-bond donors (Lipinski definition) is 0. The molecule has 0 N–H and O–H groups in total. The molecule has 0 spiro atoms. The Hall–Kier alpha value is -0.520. The second-order valence-corrected chi connectivity index (χ2v) is 4.15. The van der Waals surface area contributed by atoms with E-state index in [-0.39, 0.29) is 0 Å². The van der Waals surface area contributed by atoms with Crippen LogP contribution in [0.2, 0.25) is 0 Å². The van der Waals surface area contributed by atoms with Gasteiger partial charge in [-0.1, -0.05) is 38.2 Å². The van der Waals surface area contributed by atoms with Crippen molar-refractivity contribution >= 4 is 0 Å². The van der Waals surface area contributed by atoms with Crippen LogP contribution in [-0.4, -0.2) is 0 Å². The van der Waals surface area contributed by atoms with Gasteiger partial charge >= 0.3 is 0 Å². The van der Waals surface area contributed by atoms with E-state index in [0.29, 0.717) is 11.3 Å². The van der Waals surface area contributed by atoms with Crippen molar-refractivity contribution in [1.82, 2.24) is 0 Å². The van der Waals surface area contributed by atoms with Crippen LogP contribution in [0.5, 0.6) is 0 Å². The first kappa shape index (κ1) is 8.58. The second-order valence-electron chi connectivity index (χ2n) is 4.15. The third-order valence-electron chi connectivity index (χ3n) is 2.78. The molecular weight excluding hydrogens is 132 g/mol. The van der Waals surface area contributed by atoms with Gasteiger partial charge in [0, 0.05) is 5.92 Å². The fourth-order valence-corrected chi connectivity index (χ4v) is 1.98. The summed E-state index contributed by atoms with van der Waals surface area (Å²) in [5.41, 5.74) is 1.80. The quantitative estimate of drug-likeness (QED) is 0.501. The normalized spacial score (nSPS) is 29.4. The molecule has 0 aromatic heterocycles. The van der Waals surface area contributed by atoms with E-state index in [1.54, 1.807) is 0 Å². The second kappa shape index (κ2) is 2.84. The Morgan fingerprint density at radius 2 is 2.27 bits per heavy atom. The van der Waals surface area contributed by atoms with E-state index in [9.17, 15) is 0 Å². The Labute approximate surface area is 70.0 Å². The highest BCUT2D eigenvalue weighted by Crippen LogP contribution is 2.41. The van der Waals surface area contributed by atoms with Crippen LogP contribution in [0.25, 0.3) is 0 Å². The van der Waals surface area contributed by atoms with E-state index in [4.69, 9.17) is 6.58 Å². The minimum Gasteiger partial charge on any atom is -0.0850 e. The minimum atomic E-state index is 0.369. The molecule has 0 heteroatoms. The van der Waals surface area contributed by atoms with Gasteiger partial charge in [-0.3, -0.25) is 0 Å². The summed E-state index contributed by atoms with van der Waals surface area (Å²) < 4.78 is 0. The summed E-state index contributed by atoms with van der Waals surface area (Å²) in [5, 5.41) is 0. The van der Waals surface area contributed by atoms with Gasteiger partial charge in [-0.25, -0.2) is 0 Å². The van der Waals surface area contributed by atoms with Crippen LogP contribution in [-0.2, 0) is 0 Å². The lowest BCUT2D eigenvalue weighted by Crippen LogP contribution is -2.25. The molecule has 0 aromatic rings. The summed E-state index contributed by atoms with van der Waals surface area (Å²) in [5.74, 6) is 0.483. The van der Waals surface area contributed by atoms with Crippen molar-refractivity contribution in [1.29, 1.82) is 0 Å². The molecule has 1 unspecified atom stereocenters. The van der Waals surface area contributed by atoms with Crippen LogP contribution in [0, 0.1) is 17.9 Å².